The van der Waals surface area contributed by atoms with Crippen LogP contribution in [0.15, 0.2) is 11.6 Å². The lowest BCUT2D eigenvalue weighted by Crippen LogP contribution is -2.21. The topological polar surface area (TPSA) is 34.1 Å². The van der Waals surface area contributed by atoms with Gasteiger partial charge in [-0.3, -0.25) is 9.59 Å². The molecule has 2 rings (SSSR count). The zero-order valence-corrected chi connectivity index (χ0v) is 6.52. The van der Waals surface area contributed by atoms with Crippen molar-refractivity contribution in [1.82, 2.24) is 0 Å². The van der Waals surface area contributed by atoms with Crippen LogP contribution in [0, 0.1) is 5.41 Å². The Bertz CT molecular complexity index is 275. The van der Waals surface area contributed by atoms with Crippen molar-refractivity contribution in [1.29, 1.82) is 0 Å². The van der Waals surface area contributed by atoms with Gasteiger partial charge in [0.2, 0.25) is 0 Å². The summed E-state index contributed by atoms with van der Waals surface area (Å²) in [5.74, 6) is 0.366. The predicted octanol–water partition coefficient (Wildman–Crippen LogP) is 1.25. The first-order valence-corrected chi connectivity index (χ1v) is 3.90. The van der Waals surface area contributed by atoms with Gasteiger partial charge in [0.05, 0.1) is 5.41 Å². The number of rotatable bonds is 0. The lowest BCUT2D eigenvalue weighted by molar-refractivity contribution is -0.127. The molecule has 1 saturated carbocycles. The van der Waals surface area contributed by atoms with Crippen LogP contribution in [0.3, 0.4) is 0 Å². The number of hydrogen-bond donors (Lipinski definition) is 0. The number of fused-ring (bicyclic) bond motifs is 1. The van der Waals surface area contributed by atoms with Crippen molar-refractivity contribution in [3.05, 3.63) is 11.6 Å². The van der Waals surface area contributed by atoms with E-state index in [4.69, 9.17) is 0 Å². The minimum atomic E-state index is -0.392. The van der Waals surface area contributed by atoms with Crippen LogP contribution in [0.2, 0.25) is 0 Å². The molecule has 1 fully saturated rings. The first-order valence-electron chi connectivity index (χ1n) is 3.90. The van der Waals surface area contributed by atoms with Crippen molar-refractivity contribution in [3.8, 4) is 0 Å². The monoisotopic (exact) mass is 150 g/mol. The molecule has 2 heteroatoms. The third-order valence-corrected chi connectivity index (χ3v) is 2.81. The van der Waals surface area contributed by atoms with E-state index in [1.54, 1.807) is 6.08 Å². The molecule has 1 unspecified atom stereocenters. The van der Waals surface area contributed by atoms with E-state index >= 15 is 0 Å². The van der Waals surface area contributed by atoms with Gasteiger partial charge in [-0.25, -0.2) is 0 Å². The minimum Gasteiger partial charge on any atom is -0.299 e. The standard InChI is InChI=1S/C9H10O2/c1-9-5-7(10)4-6(9)2-3-8(9)11/h4H,2-3,5H2,1H3. The van der Waals surface area contributed by atoms with Crippen molar-refractivity contribution in [3.63, 3.8) is 0 Å². The van der Waals surface area contributed by atoms with Crippen LogP contribution in [0.1, 0.15) is 26.2 Å². The number of Topliss-reactive ketones (excluding diaryl/α,β-unsaturated/α-hetero) is 1. The quantitative estimate of drug-likeness (QED) is 0.521. The normalized spacial score (nSPS) is 35.9. The highest BCUT2D eigenvalue weighted by Gasteiger charge is 2.46. The maximum atomic E-state index is 11.3. The van der Waals surface area contributed by atoms with E-state index in [0.717, 1.165) is 12.0 Å². The number of ketones is 2. The van der Waals surface area contributed by atoms with Crippen LogP contribution in [0.25, 0.3) is 0 Å². The Kier molecular flexibility index (Phi) is 1.12. The Morgan fingerprint density at radius 3 is 2.73 bits per heavy atom. The molecule has 0 aromatic rings. The van der Waals surface area contributed by atoms with Gasteiger partial charge >= 0.3 is 0 Å². The molecular formula is C9H10O2. The third kappa shape index (κ3) is 0.724. The summed E-state index contributed by atoms with van der Waals surface area (Å²) in [4.78, 5) is 22.3. The molecule has 58 valence electrons. The number of carbonyl (C=O) groups is 2. The minimum absolute atomic E-state index is 0.121. The zero-order chi connectivity index (χ0) is 8.06. The maximum absolute atomic E-state index is 11.3. The lowest BCUT2D eigenvalue weighted by atomic mass is 9.85. The van der Waals surface area contributed by atoms with Gasteiger partial charge in [0, 0.05) is 12.8 Å². The van der Waals surface area contributed by atoms with E-state index in [-0.39, 0.29) is 11.6 Å². The number of carbonyl (C=O) groups excluding carboxylic acids is 2. The largest absolute Gasteiger partial charge is 0.299 e. The molecule has 11 heavy (non-hydrogen) atoms. The SMILES string of the molecule is CC12CC(=O)C=C1CCC2=O. The second kappa shape index (κ2) is 1.81. The molecule has 2 nitrogen and oxygen atoms in total. The Balaban J connectivity index is 2.47. The van der Waals surface area contributed by atoms with Crippen molar-refractivity contribution in [2.45, 2.75) is 26.2 Å². The molecule has 0 heterocycles. The summed E-state index contributed by atoms with van der Waals surface area (Å²) in [6, 6.07) is 0. The van der Waals surface area contributed by atoms with Crippen LogP contribution in [0.4, 0.5) is 0 Å². The predicted molar refractivity (Wildman–Crippen MR) is 40.1 cm³/mol. The van der Waals surface area contributed by atoms with Gasteiger partial charge in [-0.15, -0.1) is 0 Å². The average Bonchev–Trinajstić information content (AvgIpc) is 2.32. The molecule has 2 aliphatic carbocycles. The van der Waals surface area contributed by atoms with Gasteiger partial charge in [-0.05, 0) is 19.4 Å². The fourth-order valence-corrected chi connectivity index (χ4v) is 2.02. The molecule has 0 N–H and O–H groups in total. The molecule has 0 saturated heterocycles. The summed E-state index contributed by atoms with van der Waals surface area (Å²) >= 11 is 0. The highest BCUT2D eigenvalue weighted by molar-refractivity contribution is 6.04. The fourth-order valence-electron chi connectivity index (χ4n) is 2.02. The Labute approximate surface area is 65.3 Å². The van der Waals surface area contributed by atoms with Crippen LogP contribution in [-0.4, -0.2) is 11.6 Å². The van der Waals surface area contributed by atoms with Crippen molar-refractivity contribution >= 4 is 11.6 Å². The Morgan fingerprint density at radius 2 is 2.09 bits per heavy atom. The van der Waals surface area contributed by atoms with Crippen molar-refractivity contribution < 1.29 is 9.59 Å². The third-order valence-electron chi connectivity index (χ3n) is 2.81. The van der Waals surface area contributed by atoms with Crippen LogP contribution in [0.5, 0.6) is 0 Å². The van der Waals surface area contributed by atoms with E-state index in [1.807, 2.05) is 6.92 Å². The first kappa shape index (κ1) is 6.77. The van der Waals surface area contributed by atoms with Gasteiger partial charge in [-0.2, -0.15) is 0 Å². The summed E-state index contributed by atoms with van der Waals surface area (Å²) in [6.45, 7) is 1.89. The smallest absolute Gasteiger partial charge is 0.156 e. The molecule has 0 radical (unpaired) electrons. The summed E-state index contributed by atoms with van der Waals surface area (Å²) in [5, 5.41) is 0. The molecule has 0 aromatic heterocycles. The Hall–Kier alpha value is -0.920. The summed E-state index contributed by atoms with van der Waals surface area (Å²) in [6.07, 6.45) is 3.52. The number of allylic oxidation sites excluding steroid dienone is 2. The maximum Gasteiger partial charge on any atom is 0.156 e. The van der Waals surface area contributed by atoms with E-state index in [0.29, 0.717) is 12.8 Å². The molecule has 0 aliphatic heterocycles. The van der Waals surface area contributed by atoms with E-state index < -0.39 is 5.41 Å². The molecule has 0 bridgehead atoms. The van der Waals surface area contributed by atoms with E-state index in [9.17, 15) is 9.59 Å². The van der Waals surface area contributed by atoms with Crippen LogP contribution >= 0.6 is 0 Å². The van der Waals surface area contributed by atoms with Gasteiger partial charge in [-0.1, -0.05) is 5.57 Å². The first-order chi connectivity index (χ1) is 5.13. The zero-order valence-electron chi connectivity index (χ0n) is 6.52. The van der Waals surface area contributed by atoms with Crippen LogP contribution < -0.4 is 0 Å². The molecular weight excluding hydrogens is 140 g/mol. The molecule has 1 atom stereocenters. The fraction of sp³-hybridized carbons (Fsp3) is 0.556. The summed E-state index contributed by atoms with van der Waals surface area (Å²) < 4.78 is 0. The van der Waals surface area contributed by atoms with Crippen LogP contribution in [-0.2, 0) is 9.59 Å². The molecule has 2 aliphatic rings. The van der Waals surface area contributed by atoms with Gasteiger partial charge in [0.1, 0.15) is 5.78 Å². The van der Waals surface area contributed by atoms with Crippen molar-refractivity contribution in [2.24, 2.45) is 5.41 Å². The lowest BCUT2D eigenvalue weighted by Gasteiger charge is -2.16. The molecule has 0 spiro atoms. The van der Waals surface area contributed by atoms with E-state index in [2.05, 4.69) is 0 Å². The highest BCUT2D eigenvalue weighted by atomic mass is 16.1. The second-order valence-electron chi connectivity index (χ2n) is 3.57. The average molecular weight is 150 g/mol. The highest BCUT2D eigenvalue weighted by Crippen LogP contribution is 2.46. The summed E-state index contributed by atoms with van der Waals surface area (Å²) in [5.41, 5.74) is 0.671. The molecule has 0 amide bonds. The Morgan fingerprint density at radius 1 is 1.36 bits per heavy atom. The molecule has 0 aromatic carbocycles. The van der Waals surface area contributed by atoms with Gasteiger partial charge < -0.3 is 0 Å². The number of hydrogen-bond acceptors (Lipinski definition) is 2. The van der Waals surface area contributed by atoms with E-state index in [1.165, 1.54) is 0 Å². The summed E-state index contributed by atoms with van der Waals surface area (Å²) in [7, 11) is 0. The van der Waals surface area contributed by atoms with Gasteiger partial charge in [0.25, 0.3) is 0 Å². The van der Waals surface area contributed by atoms with Crippen molar-refractivity contribution in [2.75, 3.05) is 0 Å². The second-order valence-corrected chi connectivity index (χ2v) is 3.57. The van der Waals surface area contributed by atoms with Gasteiger partial charge in [0.15, 0.2) is 5.78 Å².